The molecule has 0 atom stereocenters. The van der Waals surface area contributed by atoms with E-state index in [0.717, 1.165) is 15.7 Å². The van der Waals surface area contributed by atoms with Gasteiger partial charge in [-0.2, -0.15) is 0 Å². The number of fused-ring (bicyclic) bond motifs is 1. The predicted molar refractivity (Wildman–Crippen MR) is 102 cm³/mol. The molecule has 0 unspecified atom stereocenters. The lowest BCUT2D eigenvalue weighted by Crippen LogP contribution is -2.06. The van der Waals surface area contributed by atoms with Gasteiger partial charge in [0.1, 0.15) is 0 Å². The fourth-order valence-corrected chi connectivity index (χ4v) is 3.41. The van der Waals surface area contributed by atoms with Gasteiger partial charge in [0, 0.05) is 21.0 Å². The molecule has 5 heteroatoms. The molecule has 3 nitrogen and oxygen atoms in total. The second-order valence-electron chi connectivity index (χ2n) is 5.64. The molecule has 3 aromatic rings. The average Bonchev–Trinajstić information content (AvgIpc) is 2.60. The maximum Gasteiger partial charge on any atom is 0.307 e. The number of thioether (sulfide) groups is 1. The predicted octanol–water partition coefficient (Wildman–Crippen LogP) is 5.07. The van der Waals surface area contributed by atoms with Crippen LogP contribution in [0.4, 0.5) is 0 Å². The number of halogens is 1. The minimum absolute atomic E-state index is 0.135. The van der Waals surface area contributed by atoms with E-state index < -0.39 is 5.97 Å². The zero-order valence-electron chi connectivity index (χ0n) is 13.5. The molecular formula is C20H15ClO3S. The van der Waals surface area contributed by atoms with Gasteiger partial charge in [-0.3, -0.25) is 9.59 Å². The van der Waals surface area contributed by atoms with E-state index in [1.165, 1.54) is 0 Å². The third kappa shape index (κ3) is 3.86. The fourth-order valence-electron chi connectivity index (χ4n) is 2.78. The molecule has 126 valence electrons. The topological polar surface area (TPSA) is 54.4 Å². The van der Waals surface area contributed by atoms with Crippen LogP contribution < -0.4 is 0 Å². The highest BCUT2D eigenvalue weighted by atomic mass is 35.5. The summed E-state index contributed by atoms with van der Waals surface area (Å²) in [6, 6.07) is 16.1. The molecule has 0 radical (unpaired) electrons. The summed E-state index contributed by atoms with van der Waals surface area (Å²) in [5.74, 6) is -1.08. The van der Waals surface area contributed by atoms with Gasteiger partial charge >= 0.3 is 5.97 Å². The number of aliphatic carboxylic acids is 1. The van der Waals surface area contributed by atoms with Crippen LogP contribution in [-0.4, -0.2) is 23.1 Å². The van der Waals surface area contributed by atoms with E-state index in [9.17, 15) is 9.59 Å². The molecular weight excluding hydrogens is 356 g/mol. The molecule has 0 amide bonds. The smallest absolute Gasteiger partial charge is 0.307 e. The van der Waals surface area contributed by atoms with Crippen LogP contribution in [0.3, 0.4) is 0 Å². The van der Waals surface area contributed by atoms with Gasteiger partial charge in [-0.05, 0) is 52.9 Å². The Morgan fingerprint density at radius 2 is 1.88 bits per heavy atom. The SMILES string of the molecule is CSc1cccc(C(=O)c2cc(CC(=O)O)cc3ccc(Cl)cc23)c1. The Labute approximate surface area is 154 Å². The van der Waals surface area contributed by atoms with Gasteiger partial charge in [0.15, 0.2) is 5.78 Å². The molecule has 0 aliphatic carbocycles. The van der Waals surface area contributed by atoms with Gasteiger partial charge in [-0.25, -0.2) is 0 Å². The Kier molecular flexibility index (Phi) is 5.11. The maximum atomic E-state index is 13.1. The van der Waals surface area contributed by atoms with Crippen molar-refractivity contribution >= 4 is 45.9 Å². The maximum absolute atomic E-state index is 13.1. The van der Waals surface area contributed by atoms with Crippen molar-refractivity contribution in [1.82, 2.24) is 0 Å². The molecule has 0 bridgehead atoms. The van der Waals surface area contributed by atoms with Crippen molar-refractivity contribution in [2.75, 3.05) is 6.26 Å². The molecule has 0 heterocycles. The molecule has 0 aliphatic heterocycles. The van der Waals surface area contributed by atoms with Crippen LogP contribution in [0.5, 0.6) is 0 Å². The van der Waals surface area contributed by atoms with Gasteiger partial charge in [0.25, 0.3) is 0 Å². The van der Waals surface area contributed by atoms with Crippen LogP contribution in [0, 0.1) is 0 Å². The molecule has 0 aliphatic rings. The second kappa shape index (κ2) is 7.30. The van der Waals surface area contributed by atoms with Gasteiger partial charge in [0.05, 0.1) is 6.42 Å². The second-order valence-corrected chi connectivity index (χ2v) is 6.96. The van der Waals surface area contributed by atoms with Crippen molar-refractivity contribution in [3.05, 3.63) is 76.3 Å². The molecule has 0 aromatic heterocycles. The monoisotopic (exact) mass is 370 g/mol. The molecule has 0 saturated heterocycles. The Hall–Kier alpha value is -2.30. The number of carboxylic acids is 1. The molecule has 3 aromatic carbocycles. The number of carboxylic acid groups (broad SMARTS) is 1. The van der Waals surface area contributed by atoms with E-state index in [-0.39, 0.29) is 12.2 Å². The third-order valence-electron chi connectivity index (χ3n) is 3.91. The number of carbonyl (C=O) groups is 2. The molecule has 0 saturated carbocycles. The summed E-state index contributed by atoms with van der Waals surface area (Å²) < 4.78 is 0. The third-order valence-corrected chi connectivity index (χ3v) is 4.87. The van der Waals surface area contributed by atoms with Crippen LogP contribution in [0.25, 0.3) is 10.8 Å². The lowest BCUT2D eigenvalue weighted by Gasteiger charge is -2.10. The van der Waals surface area contributed by atoms with E-state index in [1.807, 2.05) is 24.5 Å². The lowest BCUT2D eigenvalue weighted by molar-refractivity contribution is -0.136. The van der Waals surface area contributed by atoms with E-state index >= 15 is 0 Å². The van der Waals surface area contributed by atoms with E-state index in [0.29, 0.717) is 21.7 Å². The standard InChI is InChI=1S/C20H15ClO3S/c1-25-16-4-2-3-14(10-16)20(24)18-8-12(9-19(22)23)7-13-5-6-15(21)11-17(13)18/h2-8,10-11H,9H2,1H3,(H,22,23). The first kappa shape index (κ1) is 17.5. The number of hydrogen-bond donors (Lipinski definition) is 1. The Bertz CT molecular complexity index is 982. The molecule has 25 heavy (non-hydrogen) atoms. The highest BCUT2D eigenvalue weighted by Crippen LogP contribution is 2.28. The van der Waals surface area contributed by atoms with Crippen molar-refractivity contribution < 1.29 is 14.7 Å². The highest BCUT2D eigenvalue weighted by molar-refractivity contribution is 7.98. The first-order valence-corrected chi connectivity index (χ1v) is 9.21. The largest absolute Gasteiger partial charge is 0.481 e. The number of rotatable bonds is 5. The van der Waals surface area contributed by atoms with Crippen molar-refractivity contribution in [3.63, 3.8) is 0 Å². The summed E-state index contributed by atoms with van der Waals surface area (Å²) in [6.45, 7) is 0. The van der Waals surface area contributed by atoms with Gasteiger partial charge in [-0.1, -0.05) is 35.9 Å². The molecule has 3 rings (SSSR count). The first-order valence-electron chi connectivity index (χ1n) is 7.60. The van der Waals surface area contributed by atoms with Crippen LogP contribution in [0.1, 0.15) is 21.5 Å². The van der Waals surface area contributed by atoms with E-state index in [4.69, 9.17) is 16.7 Å². The Morgan fingerprint density at radius 3 is 2.60 bits per heavy atom. The summed E-state index contributed by atoms with van der Waals surface area (Å²) in [6.07, 6.45) is 1.82. The van der Waals surface area contributed by atoms with Crippen molar-refractivity contribution in [3.8, 4) is 0 Å². The normalized spacial score (nSPS) is 10.8. The summed E-state index contributed by atoms with van der Waals surface area (Å²) >= 11 is 7.67. The van der Waals surface area contributed by atoms with Crippen LogP contribution in [0.15, 0.2) is 59.5 Å². The first-order chi connectivity index (χ1) is 12.0. The van der Waals surface area contributed by atoms with Gasteiger partial charge < -0.3 is 5.11 Å². The highest BCUT2D eigenvalue weighted by Gasteiger charge is 2.16. The molecule has 0 fully saturated rings. The van der Waals surface area contributed by atoms with Crippen LogP contribution in [-0.2, 0) is 11.2 Å². The van der Waals surface area contributed by atoms with E-state index in [2.05, 4.69) is 0 Å². The summed E-state index contributed by atoms with van der Waals surface area (Å²) in [7, 11) is 0. The average molecular weight is 371 g/mol. The zero-order valence-corrected chi connectivity index (χ0v) is 15.0. The lowest BCUT2D eigenvalue weighted by atomic mass is 9.94. The summed E-state index contributed by atoms with van der Waals surface area (Å²) in [5, 5.41) is 11.1. The van der Waals surface area contributed by atoms with Gasteiger partial charge in [0.2, 0.25) is 0 Å². The number of hydrogen-bond acceptors (Lipinski definition) is 3. The van der Waals surface area contributed by atoms with Crippen LogP contribution in [0.2, 0.25) is 5.02 Å². The van der Waals surface area contributed by atoms with Crippen molar-refractivity contribution in [2.45, 2.75) is 11.3 Å². The molecule has 1 N–H and O–H groups in total. The molecule has 0 spiro atoms. The van der Waals surface area contributed by atoms with E-state index in [1.54, 1.807) is 48.2 Å². The quantitative estimate of drug-likeness (QED) is 0.503. The number of carbonyl (C=O) groups excluding carboxylic acids is 1. The fraction of sp³-hybridized carbons (Fsp3) is 0.100. The minimum atomic E-state index is -0.934. The van der Waals surface area contributed by atoms with Gasteiger partial charge in [-0.15, -0.1) is 11.8 Å². The Morgan fingerprint density at radius 1 is 1.08 bits per heavy atom. The Balaban J connectivity index is 2.19. The number of benzene rings is 3. The number of ketones is 1. The summed E-state index contributed by atoms with van der Waals surface area (Å²) in [5.41, 5.74) is 1.63. The van der Waals surface area contributed by atoms with Crippen molar-refractivity contribution in [2.24, 2.45) is 0 Å². The van der Waals surface area contributed by atoms with Crippen LogP contribution >= 0.6 is 23.4 Å². The summed E-state index contributed by atoms with van der Waals surface area (Å²) in [4.78, 5) is 25.2. The zero-order chi connectivity index (χ0) is 18.0. The minimum Gasteiger partial charge on any atom is -0.481 e. The van der Waals surface area contributed by atoms with Crippen molar-refractivity contribution in [1.29, 1.82) is 0 Å².